The average molecular weight is 335 g/mol. The summed E-state index contributed by atoms with van der Waals surface area (Å²) in [4.78, 5) is 22.5. The number of rotatable bonds is 6. The van der Waals surface area contributed by atoms with E-state index < -0.39 is 17.5 Å². The van der Waals surface area contributed by atoms with Gasteiger partial charge in [0.15, 0.2) is 0 Å². The Kier molecular flexibility index (Phi) is 5.75. The van der Waals surface area contributed by atoms with E-state index in [2.05, 4.69) is 20.6 Å². The molecule has 0 spiro atoms. The predicted octanol–water partition coefficient (Wildman–Crippen LogP) is 2.29. The normalized spacial score (nSPS) is 10.8. The number of likely N-dealkylation sites (N-methyl/N-ethyl adjacent to an activating group) is 1. The summed E-state index contributed by atoms with van der Waals surface area (Å²) in [6, 6.07) is 4.42. The van der Waals surface area contributed by atoms with Gasteiger partial charge in [-0.05, 0) is 33.2 Å². The minimum absolute atomic E-state index is 0.0959. The van der Waals surface area contributed by atoms with Crippen LogP contribution in [0.15, 0.2) is 24.3 Å². The van der Waals surface area contributed by atoms with Gasteiger partial charge in [0.2, 0.25) is 0 Å². The summed E-state index contributed by atoms with van der Waals surface area (Å²) in [5, 5.41) is 5.47. The first kappa shape index (κ1) is 17.7. The second-order valence-electron chi connectivity index (χ2n) is 5.49. The lowest BCUT2D eigenvalue weighted by Gasteiger charge is -2.12. The molecular weight excluding hydrogens is 316 g/mol. The molecule has 0 unspecified atom stereocenters. The molecule has 1 heterocycles. The number of nitrogens with zero attached hydrogens (tertiary/aromatic N) is 3. The van der Waals surface area contributed by atoms with Gasteiger partial charge >= 0.3 is 0 Å². The Morgan fingerprint density at radius 3 is 2.62 bits per heavy atom. The zero-order chi connectivity index (χ0) is 17.7. The third-order valence-electron chi connectivity index (χ3n) is 3.12. The first-order chi connectivity index (χ1) is 11.3. The van der Waals surface area contributed by atoms with Crippen molar-refractivity contribution in [2.45, 2.75) is 6.92 Å². The van der Waals surface area contributed by atoms with E-state index in [0.29, 0.717) is 24.3 Å². The van der Waals surface area contributed by atoms with Crippen molar-refractivity contribution >= 4 is 17.4 Å². The highest BCUT2D eigenvalue weighted by Gasteiger charge is 2.13. The van der Waals surface area contributed by atoms with Gasteiger partial charge in [0.1, 0.15) is 29.0 Å². The SMILES string of the molecule is Cc1nc(NCCN(C)C)cc(C(=O)Nc2ccc(F)cc2F)n1. The molecule has 0 saturated carbocycles. The van der Waals surface area contributed by atoms with Crippen LogP contribution in [0.2, 0.25) is 0 Å². The Morgan fingerprint density at radius 1 is 1.21 bits per heavy atom. The number of nitrogens with one attached hydrogen (secondary N) is 2. The molecular formula is C16H19F2N5O. The molecule has 128 valence electrons. The molecule has 0 saturated heterocycles. The lowest BCUT2D eigenvalue weighted by atomic mass is 10.2. The number of hydrogen-bond acceptors (Lipinski definition) is 5. The Hall–Kier alpha value is -2.61. The highest BCUT2D eigenvalue weighted by atomic mass is 19.1. The van der Waals surface area contributed by atoms with Crippen molar-refractivity contribution in [3.63, 3.8) is 0 Å². The van der Waals surface area contributed by atoms with Crippen LogP contribution < -0.4 is 10.6 Å². The summed E-state index contributed by atoms with van der Waals surface area (Å²) in [7, 11) is 3.89. The second-order valence-corrected chi connectivity index (χ2v) is 5.49. The third kappa shape index (κ3) is 4.95. The molecule has 24 heavy (non-hydrogen) atoms. The van der Waals surface area contributed by atoms with Gasteiger partial charge in [-0.1, -0.05) is 0 Å². The third-order valence-corrected chi connectivity index (χ3v) is 3.12. The van der Waals surface area contributed by atoms with Crippen molar-refractivity contribution in [2.75, 3.05) is 37.8 Å². The second kappa shape index (κ2) is 7.78. The van der Waals surface area contributed by atoms with Crippen LogP contribution in [0.1, 0.15) is 16.3 Å². The molecule has 0 fully saturated rings. The molecule has 2 aromatic rings. The van der Waals surface area contributed by atoms with Gasteiger partial charge in [0, 0.05) is 25.2 Å². The Balaban J connectivity index is 2.12. The number of aromatic nitrogens is 2. The molecule has 6 nitrogen and oxygen atoms in total. The molecule has 1 amide bonds. The Bertz CT molecular complexity index is 736. The van der Waals surface area contributed by atoms with Crippen molar-refractivity contribution < 1.29 is 13.6 Å². The first-order valence-electron chi connectivity index (χ1n) is 7.36. The lowest BCUT2D eigenvalue weighted by Crippen LogP contribution is -2.22. The fraction of sp³-hybridized carbons (Fsp3) is 0.312. The molecule has 2 rings (SSSR count). The van der Waals surface area contributed by atoms with E-state index in [0.717, 1.165) is 18.7 Å². The molecule has 0 aliphatic carbocycles. The molecule has 0 aliphatic heterocycles. The van der Waals surface area contributed by atoms with Crippen molar-refractivity contribution in [1.29, 1.82) is 0 Å². The fourth-order valence-electron chi connectivity index (χ4n) is 1.96. The summed E-state index contributed by atoms with van der Waals surface area (Å²) in [6.45, 7) is 3.11. The largest absolute Gasteiger partial charge is 0.369 e. The van der Waals surface area contributed by atoms with Crippen LogP contribution in [0.4, 0.5) is 20.3 Å². The van der Waals surface area contributed by atoms with Crippen LogP contribution in [0, 0.1) is 18.6 Å². The van der Waals surface area contributed by atoms with E-state index in [1.54, 1.807) is 6.92 Å². The van der Waals surface area contributed by atoms with Gasteiger partial charge in [0.05, 0.1) is 5.69 Å². The lowest BCUT2D eigenvalue weighted by molar-refractivity contribution is 0.102. The van der Waals surface area contributed by atoms with Crippen LogP contribution in [0.25, 0.3) is 0 Å². The standard InChI is InChI=1S/C16H19F2N5O/c1-10-20-14(9-15(21-10)19-6-7-23(2)3)16(24)22-13-5-4-11(17)8-12(13)18/h4-5,8-9H,6-7H2,1-3H3,(H,22,24)(H,19,20,21). The summed E-state index contributed by atoms with van der Waals surface area (Å²) >= 11 is 0. The molecule has 2 N–H and O–H groups in total. The number of hydrogen-bond donors (Lipinski definition) is 2. The molecule has 8 heteroatoms. The van der Waals surface area contributed by atoms with Gasteiger partial charge in [-0.25, -0.2) is 18.7 Å². The van der Waals surface area contributed by atoms with Crippen LogP contribution in [0.3, 0.4) is 0 Å². The molecule has 0 atom stereocenters. The molecule has 1 aromatic carbocycles. The molecule has 0 bridgehead atoms. The molecule has 0 radical (unpaired) electrons. The van der Waals surface area contributed by atoms with E-state index in [4.69, 9.17) is 0 Å². The number of halogens is 2. The van der Waals surface area contributed by atoms with Crippen molar-refractivity contribution in [3.05, 3.63) is 47.4 Å². The van der Waals surface area contributed by atoms with Crippen LogP contribution in [0.5, 0.6) is 0 Å². The van der Waals surface area contributed by atoms with Crippen molar-refractivity contribution in [3.8, 4) is 0 Å². The average Bonchev–Trinajstić information content (AvgIpc) is 2.49. The van der Waals surface area contributed by atoms with E-state index in [1.807, 2.05) is 19.0 Å². The minimum atomic E-state index is -0.849. The smallest absolute Gasteiger partial charge is 0.274 e. The first-order valence-corrected chi connectivity index (χ1v) is 7.36. The molecule has 0 aliphatic rings. The highest BCUT2D eigenvalue weighted by molar-refractivity contribution is 6.03. The zero-order valence-electron chi connectivity index (χ0n) is 13.7. The zero-order valence-corrected chi connectivity index (χ0v) is 13.7. The van der Waals surface area contributed by atoms with Crippen LogP contribution in [-0.2, 0) is 0 Å². The number of benzene rings is 1. The Morgan fingerprint density at radius 2 is 1.96 bits per heavy atom. The van der Waals surface area contributed by atoms with Gasteiger partial charge in [0.25, 0.3) is 5.91 Å². The summed E-state index contributed by atoms with van der Waals surface area (Å²) in [5.74, 6) is -1.24. The Labute approximate surface area is 138 Å². The van der Waals surface area contributed by atoms with Crippen LogP contribution in [-0.4, -0.2) is 48.0 Å². The van der Waals surface area contributed by atoms with E-state index >= 15 is 0 Å². The number of aryl methyl sites for hydroxylation is 1. The summed E-state index contributed by atoms with van der Waals surface area (Å²) < 4.78 is 26.5. The van der Waals surface area contributed by atoms with Crippen molar-refractivity contribution in [2.24, 2.45) is 0 Å². The number of carbonyl (C=O) groups is 1. The van der Waals surface area contributed by atoms with E-state index in [-0.39, 0.29) is 11.4 Å². The summed E-state index contributed by atoms with van der Waals surface area (Å²) in [5.41, 5.74) is -0.0154. The maximum atomic E-state index is 13.6. The highest BCUT2D eigenvalue weighted by Crippen LogP contribution is 2.16. The van der Waals surface area contributed by atoms with E-state index in [1.165, 1.54) is 6.07 Å². The van der Waals surface area contributed by atoms with E-state index in [9.17, 15) is 13.6 Å². The van der Waals surface area contributed by atoms with Gasteiger partial charge in [-0.2, -0.15) is 0 Å². The van der Waals surface area contributed by atoms with Gasteiger partial charge in [-0.15, -0.1) is 0 Å². The molecule has 1 aromatic heterocycles. The monoisotopic (exact) mass is 335 g/mol. The maximum Gasteiger partial charge on any atom is 0.274 e. The maximum absolute atomic E-state index is 13.6. The minimum Gasteiger partial charge on any atom is -0.369 e. The quantitative estimate of drug-likeness (QED) is 0.848. The summed E-state index contributed by atoms with van der Waals surface area (Å²) in [6.07, 6.45) is 0. The van der Waals surface area contributed by atoms with Crippen LogP contribution >= 0.6 is 0 Å². The predicted molar refractivity (Wildman–Crippen MR) is 88.1 cm³/mol. The van der Waals surface area contributed by atoms with Gasteiger partial charge in [-0.3, -0.25) is 4.79 Å². The van der Waals surface area contributed by atoms with Crippen molar-refractivity contribution in [1.82, 2.24) is 14.9 Å². The number of anilines is 2. The number of amides is 1. The fourth-order valence-corrected chi connectivity index (χ4v) is 1.96. The number of carbonyl (C=O) groups excluding carboxylic acids is 1. The van der Waals surface area contributed by atoms with Gasteiger partial charge < -0.3 is 15.5 Å². The topological polar surface area (TPSA) is 70.2 Å².